The molecular formula is C15H18N4O. The van der Waals surface area contributed by atoms with Gasteiger partial charge in [-0.25, -0.2) is 4.68 Å². The Hall–Kier alpha value is -1.88. The van der Waals surface area contributed by atoms with Gasteiger partial charge in [0.15, 0.2) is 0 Å². The fourth-order valence-corrected chi connectivity index (χ4v) is 3.44. The zero-order chi connectivity index (χ0) is 13.5. The molecule has 2 aromatic rings. The van der Waals surface area contributed by atoms with Crippen molar-refractivity contribution in [3.8, 4) is 17.0 Å². The Balaban J connectivity index is 1.60. The Bertz CT molecular complexity index is 599. The van der Waals surface area contributed by atoms with E-state index < -0.39 is 0 Å². The topological polar surface area (TPSA) is 54.2 Å². The van der Waals surface area contributed by atoms with Crippen molar-refractivity contribution in [1.82, 2.24) is 19.9 Å². The highest BCUT2D eigenvalue weighted by molar-refractivity contribution is 5.58. The molecule has 1 N–H and O–H groups in total. The summed E-state index contributed by atoms with van der Waals surface area (Å²) in [5.74, 6) is 1.02. The fraction of sp³-hybridized carbons (Fsp3) is 0.467. The first-order chi connectivity index (χ1) is 9.79. The van der Waals surface area contributed by atoms with Gasteiger partial charge in [0.1, 0.15) is 11.4 Å². The third-order valence-corrected chi connectivity index (χ3v) is 4.63. The van der Waals surface area contributed by atoms with Gasteiger partial charge in [0.05, 0.1) is 12.2 Å². The highest BCUT2D eigenvalue weighted by Crippen LogP contribution is 2.35. The predicted molar refractivity (Wildman–Crippen MR) is 75.3 cm³/mol. The number of rotatable bonds is 2. The number of benzene rings is 1. The number of hydrogen-bond donors (Lipinski definition) is 1. The van der Waals surface area contributed by atoms with E-state index in [-0.39, 0.29) is 5.75 Å². The van der Waals surface area contributed by atoms with E-state index in [9.17, 15) is 5.11 Å². The summed E-state index contributed by atoms with van der Waals surface area (Å²) in [4.78, 5) is 2.52. The molecule has 5 heteroatoms. The number of phenols is 1. The van der Waals surface area contributed by atoms with E-state index >= 15 is 0 Å². The van der Waals surface area contributed by atoms with Gasteiger partial charge in [0, 0.05) is 12.1 Å². The van der Waals surface area contributed by atoms with Crippen LogP contribution in [0.2, 0.25) is 0 Å². The van der Waals surface area contributed by atoms with Gasteiger partial charge in [-0.3, -0.25) is 0 Å². The van der Waals surface area contributed by atoms with Crippen LogP contribution in [0, 0.1) is 5.92 Å². The molecule has 0 saturated carbocycles. The molecule has 4 heterocycles. The average molecular weight is 270 g/mol. The van der Waals surface area contributed by atoms with Gasteiger partial charge in [-0.05, 0) is 56.1 Å². The van der Waals surface area contributed by atoms with Crippen molar-refractivity contribution in [2.45, 2.75) is 18.9 Å². The van der Waals surface area contributed by atoms with Crippen LogP contribution in [0.15, 0.2) is 30.5 Å². The lowest BCUT2D eigenvalue weighted by Gasteiger charge is -2.44. The molecular weight excluding hydrogens is 252 g/mol. The summed E-state index contributed by atoms with van der Waals surface area (Å²) in [6, 6.07) is 7.59. The molecule has 0 amide bonds. The van der Waals surface area contributed by atoms with Crippen molar-refractivity contribution in [2.24, 2.45) is 5.92 Å². The SMILES string of the molecule is Oc1ccc(-c2cn(C3CN4CCC3CC4)nn2)cc1. The number of nitrogens with zero attached hydrogens (tertiary/aromatic N) is 4. The number of fused-ring (bicyclic) bond motifs is 3. The number of phenolic OH excluding ortho intramolecular Hbond substituents is 1. The van der Waals surface area contributed by atoms with Gasteiger partial charge < -0.3 is 10.0 Å². The first-order valence-electron chi connectivity index (χ1n) is 7.23. The summed E-state index contributed by atoms with van der Waals surface area (Å²) in [5.41, 5.74) is 1.87. The van der Waals surface area contributed by atoms with E-state index in [4.69, 9.17) is 0 Å². The van der Waals surface area contributed by atoms with Crippen molar-refractivity contribution in [3.63, 3.8) is 0 Å². The maximum Gasteiger partial charge on any atom is 0.115 e. The van der Waals surface area contributed by atoms with E-state index in [1.54, 1.807) is 12.1 Å². The van der Waals surface area contributed by atoms with Crippen LogP contribution in [0.25, 0.3) is 11.3 Å². The lowest BCUT2D eigenvalue weighted by atomic mass is 9.84. The summed E-state index contributed by atoms with van der Waals surface area (Å²) in [6.07, 6.45) is 4.59. The minimum atomic E-state index is 0.276. The van der Waals surface area contributed by atoms with Crippen molar-refractivity contribution < 1.29 is 5.11 Å². The molecule has 104 valence electrons. The summed E-state index contributed by atoms with van der Waals surface area (Å²) >= 11 is 0. The summed E-state index contributed by atoms with van der Waals surface area (Å²) in [7, 11) is 0. The van der Waals surface area contributed by atoms with E-state index in [1.165, 1.54) is 25.9 Å². The van der Waals surface area contributed by atoms with Crippen LogP contribution in [0.3, 0.4) is 0 Å². The van der Waals surface area contributed by atoms with Crippen LogP contribution >= 0.6 is 0 Å². The molecule has 2 bridgehead atoms. The van der Waals surface area contributed by atoms with Crippen LogP contribution in [0.4, 0.5) is 0 Å². The number of piperidine rings is 3. The molecule has 5 rings (SSSR count). The molecule has 0 spiro atoms. The van der Waals surface area contributed by atoms with Gasteiger partial charge in [0.25, 0.3) is 0 Å². The first kappa shape index (κ1) is 11.9. The van der Waals surface area contributed by atoms with Crippen molar-refractivity contribution in [3.05, 3.63) is 30.5 Å². The van der Waals surface area contributed by atoms with Gasteiger partial charge >= 0.3 is 0 Å². The molecule has 5 nitrogen and oxygen atoms in total. The summed E-state index contributed by atoms with van der Waals surface area (Å²) in [5, 5.41) is 18.0. The highest BCUT2D eigenvalue weighted by atomic mass is 16.3. The standard InChI is InChI=1S/C15H18N4O/c20-13-3-1-11(2-4-13)14-9-19(17-16-14)15-10-18-7-5-12(15)6-8-18/h1-4,9,12,15,20H,5-8,10H2. The smallest absolute Gasteiger partial charge is 0.115 e. The van der Waals surface area contributed by atoms with Gasteiger partial charge in [-0.2, -0.15) is 0 Å². The highest BCUT2D eigenvalue weighted by Gasteiger charge is 2.35. The maximum atomic E-state index is 9.34. The molecule has 1 aromatic carbocycles. The Morgan fingerprint density at radius 3 is 2.50 bits per heavy atom. The quantitative estimate of drug-likeness (QED) is 0.906. The molecule has 1 atom stereocenters. The second kappa shape index (κ2) is 4.59. The third kappa shape index (κ3) is 1.98. The lowest BCUT2D eigenvalue weighted by molar-refractivity contribution is 0.0504. The second-order valence-electron chi connectivity index (χ2n) is 5.84. The zero-order valence-corrected chi connectivity index (χ0v) is 11.3. The summed E-state index contributed by atoms with van der Waals surface area (Å²) < 4.78 is 2.04. The van der Waals surface area contributed by atoms with Gasteiger partial charge in [-0.15, -0.1) is 5.10 Å². The number of aromatic hydroxyl groups is 1. The van der Waals surface area contributed by atoms with Crippen LogP contribution in [-0.4, -0.2) is 44.6 Å². The van der Waals surface area contributed by atoms with Crippen LogP contribution < -0.4 is 0 Å². The molecule has 3 fully saturated rings. The molecule has 3 aliphatic rings. The fourth-order valence-electron chi connectivity index (χ4n) is 3.44. The molecule has 1 unspecified atom stereocenters. The van der Waals surface area contributed by atoms with Crippen LogP contribution in [0.1, 0.15) is 18.9 Å². The van der Waals surface area contributed by atoms with E-state index in [2.05, 4.69) is 15.2 Å². The molecule has 3 saturated heterocycles. The van der Waals surface area contributed by atoms with Crippen molar-refractivity contribution in [1.29, 1.82) is 0 Å². The predicted octanol–water partition coefficient (Wildman–Crippen LogP) is 1.92. The number of hydrogen-bond acceptors (Lipinski definition) is 4. The average Bonchev–Trinajstić information content (AvgIpc) is 2.99. The van der Waals surface area contributed by atoms with Crippen molar-refractivity contribution in [2.75, 3.05) is 19.6 Å². The number of aromatic nitrogens is 3. The Morgan fingerprint density at radius 2 is 1.85 bits per heavy atom. The molecule has 1 aromatic heterocycles. The first-order valence-corrected chi connectivity index (χ1v) is 7.23. The van der Waals surface area contributed by atoms with E-state index in [0.29, 0.717) is 6.04 Å². The van der Waals surface area contributed by atoms with Crippen LogP contribution in [0.5, 0.6) is 5.75 Å². The Kier molecular flexibility index (Phi) is 2.73. The van der Waals surface area contributed by atoms with Gasteiger partial charge in [-0.1, -0.05) is 5.21 Å². The Labute approximate surface area is 117 Å². The van der Waals surface area contributed by atoms with Crippen molar-refractivity contribution >= 4 is 0 Å². The summed E-state index contributed by atoms with van der Waals surface area (Å²) in [6.45, 7) is 3.57. The monoisotopic (exact) mass is 270 g/mol. The molecule has 20 heavy (non-hydrogen) atoms. The lowest BCUT2D eigenvalue weighted by Crippen LogP contribution is -2.48. The minimum absolute atomic E-state index is 0.276. The minimum Gasteiger partial charge on any atom is -0.508 e. The van der Waals surface area contributed by atoms with E-state index in [1.807, 2.05) is 23.0 Å². The second-order valence-corrected chi connectivity index (χ2v) is 5.84. The molecule has 0 radical (unpaired) electrons. The Morgan fingerprint density at radius 1 is 1.10 bits per heavy atom. The zero-order valence-electron chi connectivity index (χ0n) is 11.3. The molecule has 0 aliphatic carbocycles. The van der Waals surface area contributed by atoms with Gasteiger partial charge in [0.2, 0.25) is 0 Å². The van der Waals surface area contributed by atoms with E-state index in [0.717, 1.165) is 23.7 Å². The normalized spacial score (nSPS) is 28.7. The van der Waals surface area contributed by atoms with Crippen LogP contribution in [-0.2, 0) is 0 Å². The molecule has 3 aliphatic heterocycles. The largest absolute Gasteiger partial charge is 0.508 e. The maximum absolute atomic E-state index is 9.34. The third-order valence-electron chi connectivity index (χ3n) is 4.63.